The monoisotopic (exact) mass is 868 g/mol. The largest absolute Gasteiger partial charge is 0.355 e. The number of rotatable bonds is 8. The fourth-order valence-electron chi connectivity index (χ4n) is 11.7. The summed E-state index contributed by atoms with van der Waals surface area (Å²) in [5.41, 5.74) is 20.4. The summed E-state index contributed by atoms with van der Waals surface area (Å²) in [5.74, 6) is 0.287. The Labute approximate surface area is 397 Å². The molecule has 2 aliphatic carbocycles. The SMILES string of the molecule is C[C@@H]1C=C(c2ccc3c(c2)c2ccccc2n3-c2cccc3ccccc23)C=C(c2c(Nc3cccc(-c4ccccc4)c3)ccc3c2C(c2ccccc2)(c2ccccc2)c2ccccc2-3)C1. The van der Waals surface area contributed by atoms with E-state index >= 15 is 0 Å². The van der Waals surface area contributed by atoms with Gasteiger partial charge in [0.25, 0.3) is 0 Å². The zero-order chi connectivity index (χ0) is 45.2. The van der Waals surface area contributed by atoms with Gasteiger partial charge in [-0.3, -0.25) is 0 Å². The van der Waals surface area contributed by atoms with E-state index in [-0.39, 0.29) is 5.92 Å². The van der Waals surface area contributed by atoms with Crippen LogP contribution in [0.1, 0.15) is 46.7 Å². The van der Waals surface area contributed by atoms with Crippen molar-refractivity contribution >= 4 is 55.1 Å². The van der Waals surface area contributed by atoms with Crippen molar-refractivity contribution in [3.63, 3.8) is 0 Å². The van der Waals surface area contributed by atoms with Crippen molar-refractivity contribution in [2.24, 2.45) is 5.92 Å². The van der Waals surface area contributed by atoms with Crippen LogP contribution < -0.4 is 5.32 Å². The van der Waals surface area contributed by atoms with Crippen molar-refractivity contribution in [1.82, 2.24) is 4.57 Å². The Morgan fingerprint density at radius 2 is 1.13 bits per heavy atom. The molecule has 0 saturated carbocycles. The van der Waals surface area contributed by atoms with Crippen LogP contribution in [0.3, 0.4) is 0 Å². The molecule has 2 aliphatic rings. The summed E-state index contributed by atoms with van der Waals surface area (Å²) in [7, 11) is 0. The van der Waals surface area contributed by atoms with Crippen LogP contribution in [0, 0.1) is 5.92 Å². The summed E-state index contributed by atoms with van der Waals surface area (Å²) < 4.78 is 2.46. The Morgan fingerprint density at radius 1 is 0.485 bits per heavy atom. The minimum Gasteiger partial charge on any atom is -0.355 e. The highest BCUT2D eigenvalue weighted by atomic mass is 15.0. The third kappa shape index (κ3) is 6.32. The Bertz CT molecular complexity index is 3750. The van der Waals surface area contributed by atoms with Crippen LogP contribution in [-0.4, -0.2) is 4.57 Å². The van der Waals surface area contributed by atoms with Crippen LogP contribution in [0.25, 0.3) is 71.7 Å². The molecule has 11 aromatic rings. The maximum Gasteiger partial charge on any atom is 0.0720 e. The molecule has 1 heterocycles. The molecule has 1 N–H and O–H groups in total. The fourth-order valence-corrected chi connectivity index (χ4v) is 11.7. The van der Waals surface area contributed by atoms with E-state index in [0.717, 1.165) is 17.8 Å². The van der Waals surface area contributed by atoms with Gasteiger partial charge in [0.1, 0.15) is 0 Å². The molecule has 1 aromatic heterocycles. The Hall–Kier alpha value is -8.46. The normalized spacial score (nSPS) is 14.9. The van der Waals surface area contributed by atoms with Crippen LogP contribution in [-0.2, 0) is 5.41 Å². The number of benzene rings is 10. The van der Waals surface area contributed by atoms with Crippen LogP contribution in [0.5, 0.6) is 0 Å². The van der Waals surface area contributed by atoms with Crippen molar-refractivity contribution in [1.29, 1.82) is 0 Å². The molecule has 0 amide bonds. The van der Waals surface area contributed by atoms with Crippen LogP contribution in [0.2, 0.25) is 0 Å². The third-order valence-corrected chi connectivity index (χ3v) is 14.5. The van der Waals surface area contributed by atoms with Gasteiger partial charge >= 0.3 is 0 Å². The van der Waals surface area contributed by atoms with E-state index in [1.165, 1.54) is 105 Å². The molecule has 2 nitrogen and oxygen atoms in total. The number of nitrogens with zero attached hydrogens (tertiary/aromatic N) is 1. The molecule has 0 aliphatic heterocycles. The number of hydrogen-bond donors (Lipinski definition) is 1. The zero-order valence-corrected chi connectivity index (χ0v) is 37.9. The number of anilines is 2. The molecule has 10 aromatic carbocycles. The van der Waals surface area contributed by atoms with E-state index in [2.05, 4.69) is 266 Å². The average molecular weight is 869 g/mol. The summed E-state index contributed by atoms with van der Waals surface area (Å²) in [5, 5.41) is 9.05. The molecule has 0 saturated heterocycles. The molecule has 1 atom stereocenters. The topological polar surface area (TPSA) is 17.0 Å². The standard InChI is InChI=1S/C66H48N2/c1-44-39-49(48-35-38-63-58(43-48)56-31-14-16-33-62(56)68(63)61-34-18-22-46-21-11-12-29-54(46)61)41-50(40-44)64-60(67-53-28-17-23-47(42-53)45-19-5-2-6-20-45)37-36-57-55-30-13-15-32-59(55)66(65(57)64,51-24-7-3-8-25-51)52-26-9-4-10-27-52/h2-39,41-44,67H,40H2,1H3/t44-/m1/s1. The van der Waals surface area contributed by atoms with E-state index < -0.39 is 5.41 Å². The van der Waals surface area contributed by atoms with Crippen LogP contribution >= 0.6 is 0 Å². The Kier molecular flexibility index (Phi) is 9.47. The molecule has 2 heteroatoms. The molecule has 68 heavy (non-hydrogen) atoms. The summed E-state index contributed by atoms with van der Waals surface area (Å²) in [4.78, 5) is 0. The summed E-state index contributed by atoms with van der Waals surface area (Å²) >= 11 is 0. The van der Waals surface area contributed by atoms with Crippen molar-refractivity contribution in [3.8, 4) is 27.9 Å². The van der Waals surface area contributed by atoms with Gasteiger partial charge in [-0.15, -0.1) is 0 Å². The van der Waals surface area contributed by atoms with Gasteiger partial charge in [-0.2, -0.15) is 0 Å². The molecular formula is C66H48N2. The molecule has 322 valence electrons. The van der Waals surface area contributed by atoms with Gasteiger partial charge in [-0.25, -0.2) is 0 Å². The Balaban J connectivity index is 1.05. The molecule has 0 spiro atoms. The first kappa shape index (κ1) is 39.9. The van der Waals surface area contributed by atoms with Crippen LogP contribution in [0.4, 0.5) is 11.4 Å². The fraction of sp³-hybridized carbons (Fsp3) is 0.0606. The number of nitrogens with one attached hydrogen (secondary N) is 1. The van der Waals surface area contributed by atoms with Gasteiger partial charge < -0.3 is 9.88 Å². The lowest BCUT2D eigenvalue weighted by Crippen LogP contribution is -2.30. The van der Waals surface area contributed by atoms with Crippen molar-refractivity contribution in [2.75, 3.05) is 5.32 Å². The molecule has 0 bridgehead atoms. The number of fused-ring (bicyclic) bond motifs is 7. The summed E-state index contributed by atoms with van der Waals surface area (Å²) in [6, 6.07) is 87.2. The lowest BCUT2D eigenvalue weighted by molar-refractivity contribution is 0.740. The van der Waals surface area contributed by atoms with E-state index in [1.807, 2.05) is 0 Å². The van der Waals surface area contributed by atoms with Gasteiger partial charge in [0.05, 0.1) is 22.1 Å². The minimum absolute atomic E-state index is 0.287. The first-order chi connectivity index (χ1) is 33.6. The van der Waals surface area contributed by atoms with Gasteiger partial charge in [-0.05, 0) is 121 Å². The van der Waals surface area contributed by atoms with E-state index in [1.54, 1.807) is 0 Å². The maximum absolute atomic E-state index is 4.06. The van der Waals surface area contributed by atoms with Crippen LogP contribution in [0.15, 0.2) is 249 Å². The molecule has 0 unspecified atom stereocenters. The lowest BCUT2D eigenvalue weighted by atomic mass is 9.65. The average Bonchev–Trinajstić information content (AvgIpc) is 3.89. The minimum atomic E-state index is -0.582. The maximum atomic E-state index is 4.06. The highest BCUT2D eigenvalue weighted by molar-refractivity contribution is 6.12. The summed E-state index contributed by atoms with van der Waals surface area (Å²) in [6.45, 7) is 2.38. The second-order valence-electron chi connectivity index (χ2n) is 18.6. The Morgan fingerprint density at radius 3 is 1.94 bits per heavy atom. The first-order valence-corrected chi connectivity index (χ1v) is 23.9. The van der Waals surface area contributed by atoms with E-state index in [4.69, 9.17) is 0 Å². The molecule has 0 radical (unpaired) electrons. The second-order valence-corrected chi connectivity index (χ2v) is 18.6. The van der Waals surface area contributed by atoms with Gasteiger partial charge in [0.2, 0.25) is 0 Å². The highest BCUT2D eigenvalue weighted by Crippen LogP contribution is 2.60. The van der Waals surface area contributed by atoms with Crippen molar-refractivity contribution < 1.29 is 0 Å². The van der Waals surface area contributed by atoms with Gasteiger partial charge in [0.15, 0.2) is 0 Å². The predicted octanol–water partition coefficient (Wildman–Crippen LogP) is 17.2. The third-order valence-electron chi connectivity index (χ3n) is 14.5. The number of aromatic nitrogens is 1. The number of allylic oxidation sites excluding steroid dienone is 4. The van der Waals surface area contributed by atoms with E-state index in [0.29, 0.717) is 0 Å². The van der Waals surface area contributed by atoms with Gasteiger partial charge in [0, 0.05) is 33.1 Å². The predicted molar refractivity (Wildman–Crippen MR) is 287 cm³/mol. The molecular weight excluding hydrogens is 821 g/mol. The first-order valence-electron chi connectivity index (χ1n) is 23.9. The molecule has 13 rings (SSSR count). The zero-order valence-electron chi connectivity index (χ0n) is 37.9. The highest BCUT2D eigenvalue weighted by Gasteiger charge is 2.48. The second kappa shape index (κ2) is 16.2. The van der Waals surface area contributed by atoms with Crippen molar-refractivity contribution in [2.45, 2.75) is 18.8 Å². The molecule has 0 fully saturated rings. The number of para-hydroxylation sites is 1. The van der Waals surface area contributed by atoms with Crippen molar-refractivity contribution in [3.05, 3.63) is 282 Å². The van der Waals surface area contributed by atoms with Gasteiger partial charge in [-0.1, -0.05) is 213 Å². The smallest absolute Gasteiger partial charge is 0.0720 e. The summed E-state index contributed by atoms with van der Waals surface area (Å²) in [6.07, 6.45) is 5.90. The van der Waals surface area contributed by atoms with E-state index in [9.17, 15) is 0 Å². The quantitative estimate of drug-likeness (QED) is 0.161. The lowest BCUT2D eigenvalue weighted by Gasteiger charge is -2.37. The number of hydrogen-bond acceptors (Lipinski definition) is 1.